The van der Waals surface area contributed by atoms with Gasteiger partial charge in [0.25, 0.3) is 6.43 Å². The number of rotatable bonds is 3. The van der Waals surface area contributed by atoms with Crippen LogP contribution in [0.1, 0.15) is 39.3 Å². The van der Waals surface area contributed by atoms with E-state index in [0.29, 0.717) is 16.8 Å². The van der Waals surface area contributed by atoms with Crippen LogP contribution in [0, 0.1) is 20.8 Å². The summed E-state index contributed by atoms with van der Waals surface area (Å²) in [7, 11) is 0. The predicted molar refractivity (Wildman–Crippen MR) is 86.7 cm³/mol. The van der Waals surface area contributed by atoms with Crippen LogP contribution in [0.15, 0.2) is 30.3 Å². The Balaban J connectivity index is 1.91. The molecule has 3 aromatic rings. The molecule has 124 valence electrons. The maximum atomic E-state index is 12.7. The minimum atomic E-state index is -2.69. The van der Waals surface area contributed by atoms with Crippen molar-refractivity contribution in [1.82, 2.24) is 9.97 Å². The topological polar surface area (TPSA) is 55.0 Å². The molecule has 0 aliphatic heterocycles. The van der Waals surface area contributed by atoms with E-state index in [1.165, 1.54) is 18.2 Å². The third kappa shape index (κ3) is 2.99. The van der Waals surface area contributed by atoms with Gasteiger partial charge in [-0.05, 0) is 50.1 Å². The summed E-state index contributed by atoms with van der Waals surface area (Å²) in [6.45, 7) is 5.71. The van der Waals surface area contributed by atoms with Crippen molar-refractivity contribution in [2.24, 2.45) is 0 Å². The number of aryl methyl sites for hydroxylation is 3. The van der Waals surface area contributed by atoms with Gasteiger partial charge in [-0.2, -0.15) is 0 Å². The van der Waals surface area contributed by atoms with E-state index in [9.17, 15) is 13.6 Å². The summed E-state index contributed by atoms with van der Waals surface area (Å²) < 4.78 is 30.9. The van der Waals surface area contributed by atoms with Gasteiger partial charge in [-0.15, -0.1) is 0 Å². The number of alkyl halides is 2. The van der Waals surface area contributed by atoms with Crippen molar-refractivity contribution in [1.29, 1.82) is 0 Å². The van der Waals surface area contributed by atoms with Gasteiger partial charge in [0, 0.05) is 0 Å². The van der Waals surface area contributed by atoms with Crippen LogP contribution in [-0.4, -0.2) is 15.9 Å². The predicted octanol–water partition coefficient (Wildman–Crippen LogP) is 4.64. The molecule has 0 spiro atoms. The molecule has 1 aromatic heterocycles. The zero-order valence-corrected chi connectivity index (χ0v) is 13.5. The average molecular weight is 330 g/mol. The second-order valence-corrected chi connectivity index (χ2v) is 5.77. The van der Waals surface area contributed by atoms with Gasteiger partial charge in [-0.25, -0.2) is 18.6 Å². The van der Waals surface area contributed by atoms with Gasteiger partial charge in [0.15, 0.2) is 5.82 Å². The molecule has 0 fully saturated rings. The lowest BCUT2D eigenvalue weighted by molar-refractivity contribution is 0.0732. The Hall–Kier alpha value is -2.76. The van der Waals surface area contributed by atoms with Crippen LogP contribution < -0.4 is 4.74 Å². The minimum absolute atomic E-state index is 0.270. The van der Waals surface area contributed by atoms with Gasteiger partial charge >= 0.3 is 5.97 Å². The Morgan fingerprint density at radius 2 is 1.79 bits per heavy atom. The first-order chi connectivity index (χ1) is 11.3. The van der Waals surface area contributed by atoms with E-state index < -0.39 is 18.2 Å². The van der Waals surface area contributed by atoms with Crippen LogP contribution >= 0.6 is 0 Å². The number of ether oxygens (including phenoxy) is 1. The number of halogens is 2. The first-order valence-electron chi connectivity index (χ1n) is 7.43. The van der Waals surface area contributed by atoms with Gasteiger partial charge in [0.05, 0.1) is 16.6 Å². The fourth-order valence-electron chi connectivity index (χ4n) is 2.74. The molecule has 4 nitrogen and oxygen atoms in total. The van der Waals surface area contributed by atoms with E-state index in [2.05, 4.69) is 9.97 Å². The minimum Gasteiger partial charge on any atom is -0.422 e. The number of fused-ring (bicyclic) bond motifs is 1. The number of nitrogens with zero attached hydrogens (tertiary/aromatic N) is 1. The molecule has 0 aliphatic rings. The van der Waals surface area contributed by atoms with E-state index in [1.807, 2.05) is 32.9 Å². The number of aromatic amines is 1. The van der Waals surface area contributed by atoms with Crippen LogP contribution in [0.25, 0.3) is 11.0 Å². The summed E-state index contributed by atoms with van der Waals surface area (Å²) in [4.78, 5) is 18.7. The maximum Gasteiger partial charge on any atom is 0.343 e. The molecule has 0 saturated carbocycles. The highest BCUT2D eigenvalue weighted by atomic mass is 19.3. The third-order valence-electron chi connectivity index (χ3n) is 3.74. The summed E-state index contributed by atoms with van der Waals surface area (Å²) in [5, 5.41) is 0. The average Bonchev–Trinajstić information content (AvgIpc) is 2.94. The Bertz CT molecular complexity index is 909. The maximum absolute atomic E-state index is 12.7. The van der Waals surface area contributed by atoms with Crippen LogP contribution in [-0.2, 0) is 0 Å². The van der Waals surface area contributed by atoms with Crippen molar-refractivity contribution in [2.75, 3.05) is 0 Å². The van der Waals surface area contributed by atoms with E-state index in [1.54, 1.807) is 0 Å². The Labute approximate surface area is 137 Å². The van der Waals surface area contributed by atoms with Gasteiger partial charge in [-0.3, -0.25) is 0 Å². The second kappa shape index (κ2) is 6.03. The summed E-state index contributed by atoms with van der Waals surface area (Å²) >= 11 is 0. The number of hydrogen-bond donors (Lipinski definition) is 1. The van der Waals surface area contributed by atoms with Crippen molar-refractivity contribution < 1.29 is 18.3 Å². The quantitative estimate of drug-likeness (QED) is 0.562. The Morgan fingerprint density at radius 1 is 1.12 bits per heavy atom. The summed E-state index contributed by atoms with van der Waals surface area (Å²) in [6.07, 6.45) is -2.69. The van der Waals surface area contributed by atoms with Crippen molar-refractivity contribution in [3.63, 3.8) is 0 Å². The SMILES string of the molecule is Cc1cc(C)c(OC(=O)c2ccc3nc(C(F)F)[nH]c3c2)c(C)c1. The van der Waals surface area contributed by atoms with E-state index in [4.69, 9.17) is 4.74 Å². The first kappa shape index (κ1) is 16.1. The fraction of sp³-hybridized carbons (Fsp3) is 0.222. The first-order valence-corrected chi connectivity index (χ1v) is 7.43. The number of aromatic nitrogens is 2. The molecule has 0 unspecified atom stereocenters. The lowest BCUT2D eigenvalue weighted by Gasteiger charge is -2.11. The molecule has 3 rings (SSSR count). The van der Waals surface area contributed by atoms with Gasteiger partial charge in [-0.1, -0.05) is 17.7 Å². The lowest BCUT2D eigenvalue weighted by Crippen LogP contribution is -2.10. The molecule has 0 atom stereocenters. The molecule has 0 radical (unpaired) electrons. The van der Waals surface area contributed by atoms with E-state index >= 15 is 0 Å². The highest BCUT2D eigenvalue weighted by Crippen LogP contribution is 2.26. The van der Waals surface area contributed by atoms with Gasteiger partial charge in [0.2, 0.25) is 0 Å². The molecule has 0 saturated heterocycles. The summed E-state index contributed by atoms with van der Waals surface area (Å²) in [6, 6.07) is 8.36. The number of hydrogen-bond acceptors (Lipinski definition) is 3. The Morgan fingerprint density at radius 3 is 2.42 bits per heavy atom. The fourth-order valence-corrected chi connectivity index (χ4v) is 2.74. The normalized spacial score (nSPS) is 11.2. The molecule has 0 aliphatic carbocycles. The molecule has 1 N–H and O–H groups in total. The number of H-pyrrole nitrogens is 1. The summed E-state index contributed by atoms with van der Waals surface area (Å²) in [5.74, 6) is -0.440. The zero-order chi connectivity index (χ0) is 17.4. The van der Waals surface area contributed by atoms with Crippen LogP contribution in [0.2, 0.25) is 0 Å². The number of esters is 1. The molecule has 1 heterocycles. The lowest BCUT2D eigenvalue weighted by atomic mass is 10.1. The van der Waals surface area contributed by atoms with Crippen LogP contribution in [0.3, 0.4) is 0 Å². The number of benzene rings is 2. The summed E-state index contributed by atoms with van der Waals surface area (Å²) in [5.41, 5.74) is 3.84. The number of nitrogens with one attached hydrogen (secondary N) is 1. The van der Waals surface area contributed by atoms with E-state index in [-0.39, 0.29) is 5.56 Å². The van der Waals surface area contributed by atoms with Gasteiger partial charge in [0.1, 0.15) is 5.75 Å². The molecular weight excluding hydrogens is 314 g/mol. The zero-order valence-electron chi connectivity index (χ0n) is 13.5. The van der Waals surface area contributed by atoms with Gasteiger partial charge < -0.3 is 9.72 Å². The third-order valence-corrected chi connectivity index (χ3v) is 3.74. The monoisotopic (exact) mass is 330 g/mol. The van der Waals surface area contributed by atoms with Crippen molar-refractivity contribution in [3.8, 4) is 5.75 Å². The smallest absolute Gasteiger partial charge is 0.343 e. The largest absolute Gasteiger partial charge is 0.422 e. The highest BCUT2D eigenvalue weighted by molar-refractivity contribution is 5.95. The second-order valence-electron chi connectivity index (χ2n) is 5.77. The van der Waals surface area contributed by atoms with Crippen LogP contribution in [0.4, 0.5) is 8.78 Å². The van der Waals surface area contributed by atoms with E-state index in [0.717, 1.165) is 16.7 Å². The number of carbonyl (C=O) groups excluding carboxylic acids is 1. The van der Waals surface area contributed by atoms with Crippen LogP contribution in [0.5, 0.6) is 5.75 Å². The Kier molecular flexibility index (Phi) is 4.05. The highest BCUT2D eigenvalue weighted by Gasteiger charge is 2.16. The molecule has 2 aromatic carbocycles. The van der Waals surface area contributed by atoms with Crippen molar-refractivity contribution in [3.05, 3.63) is 58.4 Å². The molecule has 0 amide bonds. The van der Waals surface area contributed by atoms with Crippen molar-refractivity contribution >= 4 is 17.0 Å². The molecule has 0 bridgehead atoms. The standard InChI is InChI=1S/C18H16F2N2O2/c1-9-6-10(2)15(11(3)7-9)24-18(23)12-4-5-13-14(8-12)22-17(21-13)16(19)20/h4-8,16H,1-3H3,(H,21,22). The molecular formula is C18H16F2N2O2. The van der Waals surface area contributed by atoms with Crippen molar-refractivity contribution in [2.45, 2.75) is 27.2 Å². The molecule has 24 heavy (non-hydrogen) atoms. The molecule has 6 heteroatoms. The number of imidazole rings is 1. The number of carbonyl (C=O) groups is 1.